The molecule has 2 aromatic carbocycles. The van der Waals surface area contributed by atoms with Crippen LogP contribution in [0.4, 0.5) is 8.78 Å². The smallest absolute Gasteiger partial charge is 0.387 e. The number of aromatic nitrogens is 4. The summed E-state index contributed by atoms with van der Waals surface area (Å²) in [5.41, 5.74) is 2.41. The molecule has 154 valence electrons. The first-order valence-electron chi connectivity index (χ1n) is 9.34. The van der Waals surface area contributed by atoms with Crippen LogP contribution in [0.1, 0.15) is 26.3 Å². The number of hydrogen-bond acceptors (Lipinski definition) is 5. The molecule has 4 rings (SSSR count). The van der Waals surface area contributed by atoms with E-state index in [0.717, 1.165) is 0 Å². The summed E-state index contributed by atoms with van der Waals surface area (Å²) >= 11 is 0. The monoisotopic (exact) mass is 410 g/mol. The van der Waals surface area contributed by atoms with Gasteiger partial charge in [0.05, 0.1) is 12.4 Å². The molecule has 0 fully saturated rings. The number of fused-ring (bicyclic) bond motifs is 1. The van der Waals surface area contributed by atoms with Crippen LogP contribution in [-0.4, -0.2) is 26.2 Å². The van der Waals surface area contributed by atoms with E-state index < -0.39 is 6.61 Å². The molecule has 0 N–H and O–H groups in total. The molecule has 0 amide bonds. The molecular formula is C22H20F2N4O2. The van der Waals surface area contributed by atoms with Gasteiger partial charge in [-0.05, 0) is 47.4 Å². The van der Waals surface area contributed by atoms with Crippen molar-refractivity contribution in [2.75, 3.05) is 0 Å². The van der Waals surface area contributed by atoms with E-state index in [2.05, 4.69) is 40.7 Å². The Bertz CT molecular complexity index is 1150. The maximum atomic E-state index is 12.4. The van der Waals surface area contributed by atoms with Crippen molar-refractivity contribution in [1.29, 1.82) is 0 Å². The van der Waals surface area contributed by atoms with Gasteiger partial charge in [0.2, 0.25) is 5.88 Å². The van der Waals surface area contributed by atoms with Gasteiger partial charge in [-0.2, -0.15) is 8.78 Å². The zero-order chi connectivity index (χ0) is 21.3. The summed E-state index contributed by atoms with van der Waals surface area (Å²) in [6.07, 6.45) is 3.14. The van der Waals surface area contributed by atoms with Gasteiger partial charge >= 0.3 is 6.61 Å². The Kier molecular flexibility index (Phi) is 5.07. The minimum atomic E-state index is -2.87. The molecule has 0 aliphatic rings. The van der Waals surface area contributed by atoms with E-state index in [0.29, 0.717) is 28.7 Å². The van der Waals surface area contributed by atoms with Gasteiger partial charge in [-0.15, -0.1) is 10.2 Å². The second-order valence-electron chi connectivity index (χ2n) is 7.74. The largest absolute Gasteiger partial charge is 0.439 e. The van der Waals surface area contributed by atoms with Crippen molar-refractivity contribution in [2.24, 2.45) is 0 Å². The number of rotatable bonds is 5. The summed E-state index contributed by atoms with van der Waals surface area (Å²) in [6.45, 7) is 3.57. The van der Waals surface area contributed by atoms with Crippen LogP contribution in [0.3, 0.4) is 0 Å². The average molecular weight is 410 g/mol. The van der Waals surface area contributed by atoms with E-state index in [1.165, 1.54) is 17.7 Å². The first kappa shape index (κ1) is 19.8. The number of nitrogens with zero attached hydrogens (tertiary/aromatic N) is 4. The fourth-order valence-corrected chi connectivity index (χ4v) is 3.01. The fraction of sp³-hybridized carbons (Fsp3) is 0.227. The minimum Gasteiger partial charge on any atom is -0.439 e. The normalized spacial score (nSPS) is 11.8. The van der Waals surface area contributed by atoms with Crippen molar-refractivity contribution in [1.82, 2.24) is 19.6 Å². The Morgan fingerprint density at radius 2 is 1.53 bits per heavy atom. The summed E-state index contributed by atoms with van der Waals surface area (Å²) in [4.78, 5) is 4.17. The van der Waals surface area contributed by atoms with E-state index >= 15 is 0 Å². The van der Waals surface area contributed by atoms with Crippen LogP contribution in [0.5, 0.6) is 17.4 Å². The molecule has 2 heterocycles. The van der Waals surface area contributed by atoms with Crippen molar-refractivity contribution in [3.05, 3.63) is 66.5 Å². The van der Waals surface area contributed by atoms with Gasteiger partial charge < -0.3 is 9.47 Å². The molecule has 0 bridgehead atoms. The first-order valence-corrected chi connectivity index (χ1v) is 9.34. The van der Waals surface area contributed by atoms with Crippen LogP contribution in [0.2, 0.25) is 0 Å². The lowest BCUT2D eigenvalue weighted by molar-refractivity contribution is -0.0498. The summed E-state index contributed by atoms with van der Waals surface area (Å²) in [5.74, 6) is 1.65. The number of ether oxygens (including phenoxy) is 2. The van der Waals surface area contributed by atoms with E-state index in [1.54, 1.807) is 28.9 Å². The molecule has 0 atom stereocenters. The maximum absolute atomic E-state index is 12.4. The zero-order valence-corrected chi connectivity index (χ0v) is 16.7. The van der Waals surface area contributed by atoms with E-state index in [-0.39, 0.29) is 11.2 Å². The third kappa shape index (κ3) is 4.07. The lowest BCUT2D eigenvalue weighted by atomic mass is 9.87. The second-order valence-corrected chi connectivity index (χ2v) is 7.74. The van der Waals surface area contributed by atoms with Crippen molar-refractivity contribution in [2.45, 2.75) is 32.8 Å². The highest BCUT2D eigenvalue weighted by molar-refractivity contribution is 5.61. The Morgan fingerprint density at radius 1 is 0.867 bits per heavy atom. The van der Waals surface area contributed by atoms with Gasteiger partial charge in [-0.25, -0.2) is 4.40 Å². The van der Waals surface area contributed by atoms with Crippen LogP contribution < -0.4 is 9.47 Å². The van der Waals surface area contributed by atoms with Crippen LogP contribution >= 0.6 is 0 Å². The minimum absolute atomic E-state index is 0.0434. The molecule has 0 saturated heterocycles. The molecule has 0 saturated carbocycles. The third-order valence-corrected chi connectivity index (χ3v) is 4.56. The van der Waals surface area contributed by atoms with Crippen LogP contribution in [-0.2, 0) is 5.41 Å². The summed E-state index contributed by atoms with van der Waals surface area (Å²) in [7, 11) is 0. The summed E-state index contributed by atoms with van der Waals surface area (Å²) < 4.78 is 36.9. The van der Waals surface area contributed by atoms with Crippen LogP contribution in [0.15, 0.2) is 60.9 Å². The lowest BCUT2D eigenvalue weighted by Gasteiger charge is -2.19. The molecule has 0 radical (unpaired) electrons. The van der Waals surface area contributed by atoms with E-state index in [9.17, 15) is 8.78 Å². The maximum Gasteiger partial charge on any atom is 0.387 e. The first-order chi connectivity index (χ1) is 14.3. The Morgan fingerprint density at radius 3 is 2.17 bits per heavy atom. The van der Waals surface area contributed by atoms with Gasteiger partial charge in [0.15, 0.2) is 11.5 Å². The summed E-state index contributed by atoms with van der Waals surface area (Å²) in [5, 5.41) is 8.34. The van der Waals surface area contributed by atoms with Crippen LogP contribution in [0, 0.1) is 0 Å². The van der Waals surface area contributed by atoms with Gasteiger partial charge in [-0.3, -0.25) is 4.98 Å². The molecule has 8 heteroatoms. The van der Waals surface area contributed by atoms with Gasteiger partial charge in [0, 0.05) is 5.56 Å². The quantitative estimate of drug-likeness (QED) is 0.436. The predicted octanol–water partition coefficient (Wildman–Crippen LogP) is 5.48. The topological polar surface area (TPSA) is 61.5 Å². The summed E-state index contributed by atoms with van der Waals surface area (Å²) in [6, 6.07) is 14.0. The number of benzene rings is 2. The Labute approximate surface area is 172 Å². The van der Waals surface area contributed by atoms with E-state index in [1.807, 2.05) is 24.3 Å². The van der Waals surface area contributed by atoms with Crippen molar-refractivity contribution < 1.29 is 18.3 Å². The third-order valence-electron chi connectivity index (χ3n) is 4.56. The molecular weight excluding hydrogens is 390 g/mol. The Balaban J connectivity index is 1.68. The highest BCUT2D eigenvalue weighted by atomic mass is 19.3. The second kappa shape index (κ2) is 7.70. The predicted molar refractivity (Wildman–Crippen MR) is 108 cm³/mol. The highest BCUT2D eigenvalue weighted by Crippen LogP contribution is 2.29. The SMILES string of the molecule is CC(C)(C)c1ccc(Oc2cncc3nnc(-c4ccc(OC(F)F)cc4)n23)cc1. The highest BCUT2D eigenvalue weighted by Gasteiger charge is 2.16. The van der Waals surface area contributed by atoms with Gasteiger partial charge in [0.1, 0.15) is 11.5 Å². The van der Waals surface area contributed by atoms with Crippen LogP contribution in [0.25, 0.3) is 17.0 Å². The molecule has 30 heavy (non-hydrogen) atoms. The Hall–Kier alpha value is -3.55. The zero-order valence-electron chi connectivity index (χ0n) is 16.7. The molecule has 0 spiro atoms. The van der Waals surface area contributed by atoms with E-state index in [4.69, 9.17) is 4.74 Å². The molecule has 0 aliphatic carbocycles. The van der Waals surface area contributed by atoms with Gasteiger partial charge in [-0.1, -0.05) is 32.9 Å². The molecule has 2 aromatic heterocycles. The lowest BCUT2D eigenvalue weighted by Crippen LogP contribution is -2.10. The van der Waals surface area contributed by atoms with Crippen molar-refractivity contribution in [3.63, 3.8) is 0 Å². The molecule has 0 aliphatic heterocycles. The number of hydrogen-bond donors (Lipinski definition) is 0. The standard InChI is InChI=1S/C22H20F2N4O2/c1-22(2,3)15-6-10-16(11-7-15)29-19-13-25-12-18-26-27-20(28(18)19)14-4-8-17(9-5-14)30-21(23)24/h4-13,21H,1-3H3. The molecule has 6 nitrogen and oxygen atoms in total. The fourth-order valence-electron chi connectivity index (χ4n) is 3.01. The van der Waals surface area contributed by atoms with Crippen molar-refractivity contribution in [3.8, 4) is 28.8 Å². The number of alkyl halides is 2. The number of halogens is 2. The molecule has 0 unspecified atom stereocenters. The van der Waals surface area contributed by atoms with Crippen molar-refractivity contribution >= 4 is 5.65 Å². The molecule has 4 aromatic rings. The van der Waals surface area contributed by atoms with Gasteiger partial charge in [0.25, 0.3) is 0 Å². The average Bonchev–Trinajstić information content (AvgIpc) is 3.13.